The van der Waals surface area contributed by atoms with Gasteiger partial charge >= 0.3 is 5.97 Å². The number of esters is 1. The van der Waals surface area contributed by atoms with Gasteiger partial charge in [-0.3, -0.25) is 0 Å². The maximum atomic E-state index is 11.8. The largest absolute Gasteiger partial charge is 0.462 e. The van der Waals surface area contributed by atoms with Crippen molar-refractivity contribution in [2.24, 2.45) is 0 Å². The predicted molar refractivity (Wildman–Crippen MR) is 69.4 cm³/mol. The summed E-state index contributed by atoms with van der Waals surface area (Å²) < 4.78 is 4.87. The molecule has 0 aliphatic rings. The summed E-state index contributed by atoms with van der Waals surface area (Å²) in [5.74, 6) is -0.481. The van der Waals surface area contributed by atoms with E-state index in [1.807, 2.05) is 6.07 Å². The highest BCUT2D eigenvalue weighted by Gasteiger charge is 2.22. The number of hydrogen-bond acceptors (Lipinski definition) is 7. The van der Waals surface area contributed by atoms with Crippen LogP contribution in [0.1, 0.15) is 35.5 Å². The number of anilines is 2. The molecule has 1 aromatic rings. The van der Waals surface area contributed by atoms with Gasteiger partial charge in [-0.05, 0) is 20.8 Å². The first kappa shape index (κ1) is 14.7. The van der Waals surface area contributed by atoms with Gasteiger partial charge in [-0.2, -0.15) is 5.26 Å². The summed E-state index contributed by atoms with van der Waals surface area (Å²) in [4.78, 5) is 15.8. The van der Waals surface area contributed by atoms with Gasteiger partial charge in [0.25, 0.3) is 0 Å². The van der Waals surface area contributed by atoms with Crippen molar-refractivity contribution >= 4 is 17.5 Å². The van der Waals surface area contributed by atoms with Gasteiger partial charge in [-0.15, -0.1) is 0 Å². The van der Waals surface area contributed by atoms with Crippen LogP contribution in [0.15, 0.2) is 0 Å². The lowest BCUT2D eigenvalue weighted by atomic mass is 10.1. The third kappa shape index (κ3) is 3.11. The Morgan fingerprint density at radius 1 is 1.68 bits per heavy atom. The molecular weight excluding hydrogens is 248 g/mol. The number of carbonyl (C=O) groups excluding carboxylic acids is 1. The zero-order valence-electron chi connectivity index (χ0n) is 11.0. The van der Waals surface area contributed by atoms with Gasteiger partial charge in [0.1, 0.15) is 29.2 Å². The smallest absolute Gasteiger partial charge is 0.342 e. The molecular formula is C12H16N4O3. The number of nitriles is 1. The number of rotatable bonds is 4. The molecule has 1 aromatic heterocycles. The van der Waals surface area contributed by atoms with Crippen molar-refractivity contribution in [3.63, 3.8) is 0 Å². The maximum Gasteiger partial charge on any atom is 0.342 e. The summed E-state index contributed by atoms with van der Waals surface area (Å²) in [5.41, 5.74) is 6.23. The fraction of sp³-hybridized carbons (Fsp3) is 0.417. The van der Waals surface area contributed by atoms with Crippen LogP contribution in [0.4, 0.5) is 11.5 Å². The zero-order valence-corrected chi connectivity index (χ0v) is 11.0. The lowest BCUT2D eigenvalue weighted by molar-refractivity contribution is 0.0526. The molecule has 19 heavy (non-hydrogen) atoms. The van der Waals surface area contributed by atoms with Gasteiger partial charge in [0, 0.05) is 0 Å². The average molecular weight is 264 g/mol. The third-order valence-corrected chi connectivity index (χ3v) is 2.35. The number of aliphatic hydroxyl groups is 1. The van der Waals surface area contributed by atoms with E-state index < -0.39 is 12.2 Å². The summed E-state index contributed by atoms with van der Waals surface area (Å²) in [6.45, 7) is 4.93. The average Bonchev–Trinajstić information content (AvgIpc) is 2.28. The van der Waals surface area contributed by atoms with Gasteiger partial charge in [0.15, 0.2) is 0 Å². The van der Waals surface area contributed by atoms with Crippen LogP contribution in [0.25, 0.3) is 0 Å². The molecule has 0 saturated carbocycles. The van der Waals surface area contributed by atoms with E-state index in [0.717, 1.165) is 0 Å². The Bertz CT molecular complexity index is 535. The van der Waals surface area contributed by atoms with Crippen molar-refractivity contribution < 1.29 is 14.6 Å². The first-order valence-electron chi connectivity index (χ1n) is 5.74. The van der Waals surface area contributed by atoms with Crippen LogP contribution in [0.5, 0.6) is 0 Å². The molecule has 0 saturated heterocycles. The number of nitrogens with two attached hydrogens (primary N) is 1. The van der Waals surface area contributed by atoms with Crippen LogP contribution < -0.4 is 11.1 Å². The monoisotopic (exact) mass is 264 g/mol. The second-order valence-electron chi connectivity index (χ2n) is 3.86. The van der Waals surface area contributed by atoms with Crippen molar-refractivity contribution in [3.05, 3.63) is 16.8 Å². The molecule has 0 spiro atoms. The van der Waals surface area contributed by atoms with Gasteiger partial charge in [-0.25, -0.2) is 9.78 Å². The van der Waals surface area contributed by atoms with E-state index in [9.17, 15) is 9.90 Å². The fourth-order valence-corrected chi connectivity index (χ4v) is 1.60. The van der Waals surface area contributed by atoms with Gasteiger partial charge in [-0.1, -0.05) is 0 Å². The minimum atomic E-state index is -0.896. The van der Waals surface area contributed by atoms with E-state index in [2.05, 4.69) is 10.3 Å². The molecule has 0 bridgehead atoms. The van der Waals surface area contributed by atoms with Crippen LogP contribution in [0.2, 0.25) is 0 Å². The summed E-state index contributed by atoms with van der Waals surface area (Å²) in [5, 5.41) is 21.0. The van der Waals surface area contributed by atoms with Gasteiger partial charge in [0.2, 0.25) is 0 Å². The number of aliphatic hydroxyl groups excluding tert-OH is 1. The van der Waals surface area contributed by atoms with Crippen molar-refractivity contribution in [2.75, 3.05) is 17.7 Å². The molecule has 7 heteroatoms. The van der Waals surface area contributed by atoms with Crippen LogP contribution in [-0.2, 0) is 4.74 Å². The second-order valence-corrected chi connectivity index (χ2v) is 3.86. The molecule has 0 aliphatic carbocycles. The third-order valence-electron chi connectivity index (χ3n) is 2.35. The molecule has 0 radical (unpaired) electrons. The SMILES string of the molecule is CCOC(=O)c1c(C)nc(NC(C)O)c(C#N)c1N. The molecule has 0 amide bonds. The first-order valence-corrected chi connectivity index (χ1v) is 5.74. The second kappa shape index (κ2) is 6.02. The molecule has 0 aliphatic heterocycles. The number of nitrogens with one attached hydrogen (secondary N) is 1. The minimum Gasteiger partial charge on any atom is -0.462 e. The summed E-state index contributed by atoms with van der Waals surface area (Å²) in [7, 11) is 0. The summed E-state index contributed by atoms with van der Waals surface area (Å²) in [6.07, 6.45) is -0.896. The number of aryl methyl sites for hydroxylation is 1. The van der Waals surface area contributed by atoms with Crippen LogP contribution in [-0.4, -0.2) is 28.9 Å². The number of pyridine rings is 1. The molecule has 1 rings (SSSR count). The van der Waals surface area contributed by atoms with E-state index >= 15 is 0 Å². The summed E-state index contributed by atoms with van der Waals surface area (Å²) >= 11 is 0. The number of nitrogens with zero attached hydrogens (tertiary/aromatic N) is 2. The standard InChI is InChI=1S/C12H16N4O3/c1-4-19-12(18)9-6(2)15-11(16-7(3)17)8(5-13)10(9)14/h7,17H,4H2,1-3H3,(H3,14,15,16). The molecule has 7 nitrogen and oxygen atoms in total. The highest BCUT2D eigenvalue weighted by atomic mass is 16.5. The minimum absolute atomic E-state index is 0.00315. The number of aromatic nitrogens is 1. The normalized spacial score (nSPS) is 11.5. The Balaban J connectivity index is 3.39. The molecule has 1 unspecified atom stereocenters. The number of carbonyl (C=O) groups is 1. The molecule has 102 valence electrons. The Kier molecular flexibility index (Phi) is 4.67. The zero-order chi connectivity index (χ0) is 14.6. The molecule has 1 atom stereocenters. The molecule has 4 N–H and O–H groups in total. The molecule has 0 aromatic carbocycles. The molecule has 1 heterocycles. The van der Waals surface area contributed by atoms with Crippen molar-refractivity contribution in [3.8, 4) is 6.07 Å². The number of nitrogen functional groups attached to an aromatic ring is 1. The Morgan fingerprint density at radius 2 is 2.32 bits per heavy atom. The summed E-state index contributed by atoms with van der Waals surface area (Å²) in [6, 6.07) is 1.86. The number of ether oxygens (including phenoxy) is 1. The highest BCUT2D eigenvalue weighted by molar-refractivity contribution is 5.98. The van der Waals surface area contributed by atoms with Crippen LogP contribution in [0, 0.1) is 18.3 Å². The van der Waals surface area contributed by atoms with Gasteiger partial charge < -0.3 is 20.9 Å². The lowest BCUT2D eigenvalue weighted by Gasteiger charge is -2.15. The maximum absolute atomic E-state index is 11.8. The quantitative estimate of drug-likeness (QED) is 0.542. The number of hydrogen-bond donors (Lipinski definition) is 3. The first-order chi connectivity index (χ1) is 8.92. The van der Waals surface area contributed by atoms with Crippen molar-refractivity contribution in [2.45, 2.75) is 27.0 Å². The van der Waals surface area contributed by atoms with E-state index in [1.54, 1.807) is 13.8 Å². The van der Waals surface area contributed by atoms with Crippen LogP contribution >= 0.6 is 0 Å². The van der Waals surface area contributed by atoms with E-state index in [1.165, 1.54) is 6.92 Å². The van der Waals surface area contributed by atoms with Crippen molar-refractivity contribution in [1.82, 2.24) is 4.98 Å². The molecule has 0 fully saturated rings. The van der Waals surface area contributed by atoms with E-state index in [-0.39, 0.29) is 29.2 Å². The van der Waals surface area contributed by atoms with Crippen molar-refractivity contribution in [1.29, 1.82) is 5.26 Å². The topological polar surface area (TPSA) is 121 Å². The highest BCUT2D eigenvalue weighted by Crippen LogP contribution is 2.26. The Hall–Kier alpha value is -2.33. The fourth-order valence-electron chi connectivity index (χ4n) is 1.60. The van der Waals surface area contributed by atoms with Crippen LogP contribution in [0.3, 0.4) is 0 Å². The Labute approximate surface area is 111 Å². The predicted octanol–water partition coefficient (Wildman–Crippen LogP) is 0.771. The van der Waals surface area contributed by atoms with E-state index in [0.29, 0.717) is 5.69 Å². The van der Waals surface area contributed by atoms with Gasteiger partial charge in [0.05, 0.1) is 18.0 Å². The van der Waals surface area contributed by atoms with E-state index in [4.69, 9.17) is 15.7 Å². The Morgan fingerprint density at radius 3 is 2.79 bits per heavy atom. The lowest BCUT2D eigenvalue weighted by Crippen LogP contribution is -2.19.